The van der Waals surface area contributed by atoms with E-state index in [9.17, 15) is 0 Å². The van der Waals surface area contributed by atoms with Gasteiger partial charge in [-0.05, 0) is 46.2 Å². The predicted molar refractivity (Wildman–Crippen MR) is 202 cm³/mol. The van der Waals surface area contributed by atoms with Crippen LogP contribution in [0.15, 0.2) is 97.2 Å². The Balaban J connectivity index is 1.26. The molecule has 1 aliphatic carbocycles. The molecular weight excluding hydrogens is 796 g/mol. The molecule has 3 aromatic heterocycles. The van der Waals surface area contributed by atoms with Crippen LogP contribution in [0.1, 0.15) is 93.2 Å². The molecule has 7 aromatic rings. The number of imidazole rings is 1. The van der Waals surface area contributed by atoms with E-state index >= 15 is 0 Å². The Bertz CT molecular complexity index is 2600. The summed E-state index contributed by atoms with van der Waals surface area (Å²) in [5, 5.41) is 2.35. The van der Waals surface area contributed by atoms with Crippen molar-refractivity contribution in [3.63, 3.8) is 0 Å². The molecule has 8 rings (SSSR count). The third kappa shape index (κ3) is 5.68. The van der Waals surface area contributed by atoms with Crippen molar-refractivity contribution in [1.29, 1.82) is 0 Å². The van der Waals surface area contributed by atoms with Crippen LogP contribution in [0, 0.1) is 3.80 Å². The molecule has 0 spiro atoms. The number of aryl methyl sites for hydroxylation is 2. The molecule has 4 aromatic carbocycles. The molecule has 1 atom stereocenters. The molecule has 6 heteroatoms. The summed E-state index contributed by atoms with van der Waals surface area (Å²) < 4.78 is 38.5. The number of aromatic nitrogens is 4. The Kier molecular flexibility index (Phi) is 7.22. The molecule has 258 valence electrons. The Labute approximate surface area is 310 Å². The quantitative estimate of drug-likeness (QED) is 0.166. The second-order valence-corrected chi connectivity index (χ2v) is 16.8. The summed E-state index contributed by atoms with van der Waals surface area (Å²) in [4.78, 5) is 4.90. The molecule has 0 radical (unpaired) electrons. The standard InChI is InChI=1S/C44H46N4O.Pt/c1-43(2,3)30-17-21-38-36(24-30)34-20-19-33(27-41(34)48(38)42-25-31(22-23-45-42)44(4,5)6)49-32-18-16-29-12-8-9-13-37(35(29)26-32)47-28-46(7)39-14-10-11-15-40(39)47;/h10-11,14-27,37H,8-9,12-13H2,1-7H3;/i7D3;. The van der Waals surface area contributed by atoms with Crippen LogP contribution in [0.4, 0.5) is 0 Å². The first-order valence-electron chi connectivity index (χ1n) is 19.1. The summed E-state index contributed by atoms with van der Waals surface area (Å²) >= 11 is 2.20. The second-order valence-electron chi connectivity index (χ2n) is 15.8. The van der Waals surface area contributed by atoms with E-state index in [1.165, 1.54) is 32.2 Å². The summed E-state index contributed by atoms with van der Waals surface area (Å²) in [7, 11) is 0. The summed E-state index contributed by atoms with van der Waals surface area (Å²) in [6.45, 7) is 11.2. The predicted octanol–water partition coefficient (Wildman–Crippen LogP) is 11.3. The van der Waals surface area contributed by atoms with E-state index in [1.807, 2.05) is 30.5 Å². The Morgan fingerprint density at radius 3 is 2.26 bits per heavy atom. The summed E-state index contributed by atoms with van der Waals surface area (Å²) in [6.07, 6.45) is 5.94. The summed E-state index contributed by atoms with van der Waals surface area (Å²) in [6, 6.07) is 31.8. The van der Waals surface area contributed by atoms with Gasteiger partial charge in [0.2, 0.25) is 0 Å². The van der Waals surface area contributed by atoms with Crippen LogP contribution in [-0.2, 0) is 43.6 Å². The number of hydrogen-bond acceptors (Lipinski definition) is 2. The van der Waals surface area contributed by atoms with E-state index < -0.39 is 6.98 Å². The Morgan fingerprint density at radius 2 is 1.48 bits per heavy atom. The third-order valence-corrected chi connectivity index (χ3v) is 11.4. The van der Waals surface area contributed by atoms with Crippen LogP contribution in [0.5, 0.6) is 11.5 Å². The zero-order chi connectivity index (χ0) is 37.4. The normalized spacial score (nSPS) is 16.6. The van der Waals surface area contributed by atoms with Crippen molar-refractivity contribution in [2.45, 2.75) is 84.1 Å². The van der Waals surface area contributed by atoms with Crippen molar-refractivity contribution in [2.75, 3.05) is 0 Å². The number of ether oxygens (including phenoxy) is 1. The van der Waals surface area contributed by atoms with Gasteiger partial charge in [0.15, 0.2) is 0 Å². The van der Waals surface area contributed by atoms with Gasteiger partial charge in [-0.1, -0.05) is 47.6 Å². The topological polar surface area (TPSA) is 36.9 Å². The molecule has 0 saturated heterocycles. The number of para-hydroxylation sites is 2. The summed E-state index contributed by atoms with van der Waals surface area (Å²) in [5.41, 5.74) is 8.76. The van der Waals surface area contributed by atoms with Gasteiger partial charge in [0.1, 0.15) is 0 Å². The molecule has 0 saturated carbocycles. The zero-order valence-corrected chi connectivity index (χ0v) is 31.9. The molecule has 1 unspecified atom stereocenters. The van der Waals surface area contributed by atoms with Gasteiger partial charge in [0, 0.05) is 6.20 Å². The molecule has 0 fully saturated rings. The fraction of sp³-hybridized carbons (Fsp3) is 0.318. The number of benzene rings is 4. The van der Waals surface area contributed by atoms with Crippen LogP contribution in [0.25, 0.3) is 38.7 Å². The van der Waals surface area contributed by atoms with Gasteiger partial charge in [-0.3, -0.25) is 0 Å². The molecule has 50 heavy (non-hydrogen) atoms. The number of hydrogen-bond donors (Lipinski definition) is 0. The monoisotopic (exact) mass is 844 g/mol. The van der Waals surface area contributed by atoms with Crippen LogP contribution < -0.4 is 4.74 Å². The number of fused-ring (bicyclic) bond motifs is 5. The van der Waals surface area contributed by atoms with E-state index in [1.54, 1.807) is 0 Å². The van der Waals surface area contributed by atoms with Crippen LogP contribution >= 0.6 is 0 Å². The van der Waals surface area contributed by atoms with Gasteiger partial charge in [-0.2, -0.15) is 0 Å². The van der Waals surface area contributed by atoms with Crippen molar-refractivity contribution in [3.05, 3.63) is 123 Å². The number of pyridine rings is 1. The van der Waals surface area contributed by atoms with Gasteiger partial charge in [0.25, 0.3) is 0 Å². The Morgan fingerprint density at radius 1 is 0.740 bits per heavy atom. The molecule has 1 aliphatic rings. The van der Waals surface area contributed by atoms with Crippen molar-refractivity contribution in [2.24, 2.45) is 6.98 Å². The van der Waals surface area contributed by atoms with Gasteiger partial charge >= 0.3 is 206 Å². The van der Waals surface area contributed by atoms with E-state index in [-0.39, 0.29) is 16.9 Å². The fourth-order valence-corrected chi connectivity index (χ4v) is 8.51. The van der Waals surface area contributed by atoms with E-state index in [4.69, 9.17) is 13.8 Å². The van der Waals surface area contributed by atoms with Gasteiger partial charge < -0.3 is 0 Å². The minimum absolute atomic E-state index is 0.0112. The Hall–Kier alpha value is -4.21. The molecular formula is C44H46N4OPt. The molecule has 0 amide bonds. The van der Waals surface area contributed by atoms with E-state index in [2.05, 4.69) is 137 Å². The van der Waals surface area contributed by atoms with Crippen LogP contribution in [0.3, 0.4) is 0 Å². The maximum absolute atomic E-state index is 8.36. The van der Waals surface area contributed by atoms with E-state index in [0.29, 0.717) is 3.80 Å². The third-order valence-electron chi connectivity index (χ3n) is 10.4. The van der Waals surface area contributed by atoms with Gasteiger partial charge in [-0.25, -0.2) is 4.98 Å². The number of nitrogens with zero attached hydrogens (tertiary/aromatic N) is 4. The van der Waals surface area contributed by atoms with Crippen LogP contribution in [-0.4, -0.2) is 18.7 Å². The molecule has 0 N–H and O–H groups in total. The van der Waals surface area contributed by atoms with Crippen LogP contribution in [0.2, 0.25) is 0 Å². The molecule has 5 nitrogen and oxygen atoms in total. The number of rotatable bonds is 4. The maximum atomic E-state index is 8.36. The molecule has 3 heterocycles. The van der Waals surface area contributed by atoms with Crippen molar-refractivity contribution < 1.29 is 28.2 Å². The average Bonchev–Trinajstić information content (AvgIpc) is 3.49. The summed E-state index contributed by atoms with van der Waals surface area (Å²) in [5.74, 6) is 2.39. The first kappa shape index (κ1) is 29.5. The minimum atomic E-state index is -2.29. The first-order chi connectivity index (χ1) is 25.1. The van der Waals surface area contributed by atoms with Crippen molar-refractivity contribution in [3.8, 4) is 17.3 Å². The molecule has 0 bridgehead atoms. The van der Waals surface area contributed by atoms with Gasteiger partial charge in [-0.15, -0.1) is 0 Å². The zero-order valence-electron chi connectivity index (χ0n) is 32.7. The first-order valence-corrected chi connectivity index (χ1v) is 18.8. The SMILES string of the molecule is [2H]C([2H])([2H])n1[c](=[Pt])n(C2CCCCc3ccc(Oc4ccc5c6cc(C(C)(C)C)ccc6n(-c6cc(C(C)(C)C)ccn6)c5c4)cc32)c2ccccc21. The molecule has 0 aliphatic heterocycles. The van der Waals surface area contributed by atoms with Gasteiger partial charge in [0.05, 0.1) is 0 Å². The average molecular weight is 845 g/mol. The van der Waals surface area contributed by atoms with E-state index in [0.717, 1.165) is 70.5 Å². The van der Waals surface area contributed by atoms with Crippen molar-refractivity contribution >= 4 is 32.8 Å². The fourth-order valence-electron chi connectivity index (χ4n) is 7.61. The second kappa shape index (κ2) is 12.2. The van der Waals surface area contributed by atoms with Crippen molar-refractivity contribution in [1.82, 2.24) is 18.7 Å².